The highest BCUT2D eigenvalue weighted by molar-refractivity contribution is 7.89. The zero-order chi connectivity index (χ0) is 21.0. The molecule has 0 aliphatic carbocycles. The maximum Gasteiger partial charge on any atom is 0.238 e. The van der Waals surface area contributed by atoms with Crippen molar-refractivity contribution < 1.29 is 8.42 Å². The van der Waals surface area contributed by atoms with Crippen LogP contribution in [0.25, 0.3) is 22.0 Å². The van der Waals surface area contributed by atoms with Crippen molar-refractivity contribution in [2.45, 2.75) is 17.9 Å². The number of nitrogens with one attached hydrogen (secondary N) is 1. The monoisotopic (exact) mass is 419 g/mol. The summed E-state index contributed by atoms with van der Waals surface area (Å²) in [4.78, 5) is 13.2. The average Bonchev–Trinajstić information content (AvgIpc) is 2.77. The Hall–Kier alpha value is -3.20. The second-order valence-corrected chi connectivity index (χ2v) is 8.40. The number of hydrogen-bond donors (Lipinski definition) is 2. The van der Waals surface area contributed by atoms with E-state index in [1.165, 1.54) is 6.07 Å². The van der Waals surface area contributed by atoms with Gasteiger partial charge < -0.3 is 5.32 Å². The summed E-state index contributed by atoms with van der Waals surface area (Å²) >= 11 is 0. The van der Waals surface area contributed by atoms with Gasteiger partial charge in [-0.05, 0) is 35.9 Å². The maximum atomic E-state index is 11.8. The summed E-state index contributed by atoms with van der Waals surface area (Å²) in [6.45, 7) is 1.36. The van der Waals surface area contributed by atoms with Gasteiger partial charge in [0.15, 0.2) is 0 Å². The number of aromatic nitrogens is 3. The molecule has 0 spiro atoms. The number of nitrogens with two attached hydrogens (primary N) is 1. The summed E-state index contributed by atoms with van der Waals surface area (Å²) in [6, 6.07) is 14.6. The van der Waals surface area contributed by atoms with Crippen LogP contribution in [0.4, 0.5) is 0 Å². The largest absolute Gasteiger partial charge is 0.312 e. The highest BCUT2D eigenvalue weighted by atomic mass is 32.2. The zero-order valence-corrected chi connectivity index (χ0v) is 17.0. The van der Waals surface area contributed by atoms with E-state index in [2.05, 4.69) is 20.3 Å². The minimum atomic E-state index is -3.79. The molecule has 3 N–H and O–H groups in total. The Kier molecular flexibility index (Phi) is 5.80. The molecule has 0 unspecified atom stereocenters. The van der Waals surface area contributed by atoms with Crippen molar-refractivity contribution >= 4 is 20.8 Å². The molecule has 3 aromatic heterocycles. The summed E-state index contributed by atoms with van der Waals surface area (Å²) < 4.78 is 23.7. The summed E-state index contributed by atoms with van der Waals surface area (Å²) in [7, 11) is -3.79. The molecule has 0 aliphatic rings. The van der Waals surface area contributed by atoms with Crippen LogP contribution in [-0.2, 0) is 23.0 Å². The Labute approximate surface area is 175 Å². The van der Waals surface area contributed by atoms with Gasteiger partial charge in [-0.25, -0.2) is 13.6 Å². The third-order valence-electron chi connectivity index (χ3n) is 4.80. The highest BCUT2D eigenvalue weighted by Gasteiger charge is 2.13. The molecule has 30 heavy (non-hydrogen) atoms. The lowest BCUT2D eigenvalue weighted by Crippen LogP contribution is -2.17. The van der Waals surface area contributed by atoms with Crippen LogP contribution in [-0.4, -0.2) is 29.9 Å². The molecule has 0 radical (unpaired) electrons. The summed E-state index contributed by atoms with van der Waals surface area (Å²) in [5, 5.41) is 10.1. The van der Waals surface area contributed by atoms with E-state index in [-0.39, 0.29) is 4.90 Å². The lowest BCUT2D eigenvalue weighted by atomic mass is 10.1. The van der Waals surface area contributed by atoms with Gasteiger partial charge in [-0.1, -0.05) is 18.2 Å². The van der Waals surface area contributed by atoms with E-state index >= 15 is 0 Å². The van der Waals surface area contributed by atoms with Crippen LogP contribution in [0, 0.1) is 0 Å². The second kappa shape index (κ2) is 8.66. The van der Waals surface area contributed by atoms with Gasteiger partial charge in [-0.15, -0.1) is 0 Å². The van der Waals surface area contributed by atoms with Crippen molar-refractivity contribution in [3.8, 4) is 11.3 Å². The average molecular weight is 420 g/mol. The van der Waals surface area contributed by atoms with E-state index in [1.807, 2.05) is 36.5 Å². The molecule has 152 valence electrons. The molecule has 0 amide bonds. The van der Waals surface area contributed by atoms with Crippen LogP contribution in [0.15, 0.2) is 78.2 Å². The van der Waals surface area contributed by atoms with E-state index in [9.17, 15) is 8.42 Å². The molecule has 0 bridgehead atoms. The number of primary sulfonamides is 1. The fourth-order valence-corrected chi connectivity index (χ4v) is 4.09. The minimum Gasteiger partial charge on any atom is -0.312 e. The molecule has 0 atom stereocenters. The molecule has 3 heterocycles. The number of benzene rings is 1. The van der Waals surface area contributed by atoms with E-state index in [4.69, 9.17) is 5.14 Å². The van der Waals surface area contributed by atoms with Crippen LogP contribution in [0.5, 0.6) is 0 Å². The lowest BCUT2D eigenvalue weighted by molar-refractivity contribution is 0.598. The third-order valence-corrected chi connectivity index (χ3v) is 5.77. The Morgan fingerprint density at radius 1 is 0.900 bits per heavy atom. The Bertz CT molecular complexity index is 1260. The second-order valence-electron chi connectivity index (χ2n) is 6.87. The van der Waals surface area contributed by atoms with Crippen LogP contribution < -0.4 is 10.5 Å². The predicted molar refractivity (Wildman–Crippen MR) is 116 cm³/mol. The number of nitrogens with zero attached hydrogens (tertiary/aromatic N) is 3. The number of rotatable bonds is 7. The standard InChI is InChI=1S/C22H21N5O2S/c23-30(28,29)22-5-1-4-18-19(22)8-12-26-21(18)9-11-25-13-16-6-7-20(27-14-16)17-3-2-10-24-15-17/h1-8,10,12,14-15,25H,9,11,13H2,(H2,23,28,29). The van der Waals surface area contributed by atoms with Crippen molar-refractivity contribution in [1.82, 2.24) is 20.3 Å². The van der Waals surface area contributed by atoms with Crippen LogP contribution in [0.3, 0.4) is 0 Å². The number of hydrogen-bond acceptors (Lipinski definition) is 6. The van der Waals surface area contributed by atoms with Gasteiger partial charge >= 0.3 is 0 Å². The van der Waals surface area contributed by atoms with Crippen molar-refractivity contribution in [1.29, 1.82) is 0 Å². The lowest BCUT2D eigenvalue weighted by Gasteiger charge is -2.10. The molecule has 4 aromatic rings. The van der Waals surface area contributed by atoms with Crippen LogP contribution >= 0.6 is 0 Å². The molecule has 0 saturated carbocycles. The van der Waals surface area contributed by atoms with Crippen molar-refractivity contribution in [2.24, 2.45) is 5.14 Å². The maximum absolute atomic E-state index is 11.8. The first kappa shape index (κ1) is 20.1. The normalized spacial score (nSPS) is 11.6. The summed E-state index contributed by atoms with van der Waals surface area (Å²) in [5.41, 5.74) is 3.77. The van der Waals surface area contributed by atoms with Crippen molar-refractivity contribution in [3.05, 3.63) is 84.6 Å². The fraction of sp³-hybridized carbons (Fsp3) is 0.136. The van der Waals surface area contributed by atoms with Crippen molar-refractivity contribution in [2.75, 3.05) is 6.54 Å². The molecular formula is C22H21N5O2S. The highest BCUT2D eigenvalue weighted by Crippen LogP contribution is 2.24. The van der Waals surface area contributed by atoms with Gasteiger partial charge in [0.1, 0.15) is 0 Å². The molecule has 0 saturated heterocycles. The predicted octanol–water partition coefficient (Wildman–Crippen LogP) is 2.67. The van der Waals surface area contributed by atoms with E-state index in [0.29, 0.717) is 24.9 Å². The SMILES string of the molecule is NS(=O)(=O)c1cccc2c(CCNCc3ccc(-c4cccnc4)nc3)nccc12. The summed E-state index contributed by atoms with van der Waals surface area (Å²) in [6.07, 6.45) is 7.66. The molecule has 1 aromatic carbocycles. The zero-order valence-electron chi connectivity index (χ0n) is 16.2. The Balaban J connectivity index is 1.40. The first-order valence-electron chi connectivity index (χ1n) is 9.48. The quantitative estimate of drug-likeness (QED) is 0.446. The number of fused-ring (bicyclic) bond motifs is 1. The number of pyridine rings is 3. The van der Waals surface area contributed by atoms with Crippen LogP contribution in [0.1, 0.15) is 11.3 Å². The fourth-order valence-electron chi connectivity index (χ4n) is 3.34. The smallest absolute Gasteiger partial charge is 0.238 e. The van der Waals surface area contributed by atoms with Crippen molar-refractivity contribution in [3.63, 3.8) is 0 Å². The Morgan fingerprint density at radius 2 is 1.80 bits per heavy atom. The van der Waals surface area contributed by atoms with Gasteiger partial charge in [0.2, 0.25) is 10.0 Å². The Morgan fingerprint density at radius 3 is 2.53 bits per heavy atom. The first-order valence-corrected chi connectivity index (χ1v) is 11.0. The number of sulfonamides is 1. The van der Waals surface area contributed by atoms with Gasteiger partial charge in [-0.3, -0.25) is 15.0 Å². The molecule has 7 nitrogen and oxygen atoms in total. The van der Waals surface area contributed by atoms with E-state index in [1.54, 1.807) is 30.7 Å². The summed E-state index contributed by atoms with van der Waals surface area (Å²) in [5.74, 6) is 0. The first-order chi connectivity index (χ1) is 14.5. The molecule has 4 rings (SSSR count). The van der Waals surface area contributed by atoms with E-state index in [0.717, 1.165) is 27.9 Å². The van der Waals surface area contributed by atoms with Gasteiger partial charge in [0.25, 0.3) is 0 Å². The third kappa shape index (κ3) is 4.51. The minimum absolute atomic E-state index is 0.122. The topological polar surface area (TPSA) is 111 Å². The van der Waals surface area contributed by atoms with Crippen LogP contribution in [0.2, 0.25) is 0 Å². The molecule has 0 aliphatic heterocycles. The van der Waals surface area contributed by atoms with E-state index < -0.39 is 10.0 Å². The molecule has 0 fully saturated rings. The molecule has 8 heteroatoms. The van der Waals surface area contributed by atoms with Gasteiger partial charge in [0.05, 0.1) is 10.6 Å². The van der Waals surface area contributed by atoms with Gasteiger partial charge in [-0.2, -0.15) is 0 Å². The molecular weight excluding hydrogens is 398 g/mol. The van der Waals surface area contributed by atoms with Gasteiger partial charge in [0, 0.05) is 66.3 Å².